The van der Waals surface area contributed by atoms with Gasteiger partial charge in [-0.3, -0.25) is 0 Å². The van der Waals surface area contributed by atoms with Crippen molar-refractivity contribution in [2.24, 2.45) is 5.92 Å². The maximum Gasteiger partial charge on any atom is 0.0130 e. The summed E-state index contributed by atoms with van der Waals surface area (Å²) in [5, 5.41) is 3.63. The van der Waals surface area contributed by atoms with Crippen molar-refractivity contribution in [3.63, 3.8) is 0 Å². The Hall–Kier alpha value is -0.820. The molecule has 0 aromatic heterocycles. The van der Waals surface area contributed by atoms with E-state index in [2.05, 4.69) is 57.3 Å². The molecule has 16 heavy (non-hydrogen) atoms. The SMILES string of the molecule is CCCNC(Cc1ccc(C)cc1)C(C)C. The zero-order chi connectivity index (χ0) is 12.0. The number of aryl methyl sites for hydroxylation is 1. The molecule has 0 saturated heterocycles. The summed E-state index contributed by atoms with van der Waals surface area (Å²) in [4.78, 5) is 0. The highest BCUT2D eigenvalue weighted by Gasteiger charge is 2.12. The molecule has 1 aromatic carbocycles. The average Bonchev–Trinajstić information content (AvgIpc) is 2.26. The summed E-state index contributed by atoms with van der Waals surface area (Å²) >= 11 is 0. The van der Waals surface area contributed by atoms with Crippen molar-refractivity contribution in [3.05, 3.63) is 35.4 Å². The smallest absolute Gasteiger partial charge is 0.0130 e. The molecule has 1 nitrogen and oxygen atoms in total. The normalized spacial score (nSPS) is 13.1. The minimum atomic E-state index is 0.600. The van der Waals surface area contributed by atoms with E-state index in [1.54, 1.807) is 0 Å². The minimum Gasteiger partial charge on any atom is -0.313 e. The fourth-order valence-electron chi connectivity index (χ4n) is 1.85. The van der Waals surface area contributed by atoms with Crippen LogP contribution in [0, 0.1) is 12.8 Å². The topological polar surface area (TPSA) is 12.0 Å². The van der Waals surface area contributed by atoms with Gasteiger partial charge in [0, 0.05) is 6.04 Å². The molecule has 0 saturated carbocycles. The molecular weight excluding hydrogens is 194 g/mol. The van der Waals surface area contributed by atoms with E-state index in [1.165, 1.54) is 17.5 Å². The highest BCUT2D eigenvalue weighted by molar-refractivity contribution is 5.22. The maximum atomic E-state index is 3.63. The molecule has 0 amide bonds. The van der Waals surface area contributed by atoms with Gasteiger partial charge in [-0.15, -0.1) is 0 Å². The first kappa shape index (κ1) is 13.2. The van der Waals surface area contributed by atoms with Crippen molar-refractivity contribution in [1.82, 2.24) is 5.32 Å². The van der Waals surface area contributed by atoms with Crippen LogP contribution in [-0.2, 0) is 6.42 Å². The highest BCUT2D eigenvalue weighted by Crippen LogP contribution is 2.11. The van der Waals surface area contributed by atoms with Crippen LogP contribution in [0.4, 0.5) is 0 Å². The standard InChI is InChI=1S/C15H25N/c1-5-10-16-15(12(2)3)11-14-8-6-13(4)7-9-14/h6-9,12,15-16H,5,10-11H2,1-4H3. The lowest BCUT2D eigenvalue weighted by molar-refractivity contribution is 0.397. The van der Waals surface area contributed by atoms with E-state index < -0.39 is 0 Å². The average molecular weight is 219 g/mol. The molecule has 1 rings (SSSR count). The van der Waals surface area contributed by atoms with Gasteiger partial charge in [0.2, 0.25) is 0 Å². The molecule has 90 valence electrons. The van der Waals surface area contributed by atoms with Crippen molar-refractivity contribution in [2.45, 2.75) is 46.6 Å². The third-order valence-corrected chi connectivity index (χ3v) is 3.04. The second-order valence-electron chi connectivity index (χ2n) is 4.99. The van der Waals surface area contributed by atoms with Gasteiger partial charge in [-0.05, 0) is 37.8 Å². The molecule has 1 aromatic rings. The highest BCUT2D eigenvalue weighted by atomic mass is 14.9. The number of hydrogen-bond acceptors (Lipinski definition) is 1. The van der Waals surface area contributed by atoms with Gasteiger partial charge in [0.15, 0.2) is 0 Å². The molecule has 0 fully saturated rings. The third-order valence-electron chi connectivity index (χ3n) is 3.04. The van der Waals surface area contributed by atoms with E-state index in [-0.39, 0.29) is 0 Å². The molecule has 0 heterocycles. The first-order valence-electron chi connectivity index (χ1n) is 6.42. The number of rotatable bonds is 6. The van der Waals surface area contributed by atoms with Gasteiger partial charge in [0.25, 0.3) is 0 Å². The largest absolute Gasteiger partial charge is 0.313 e. The van der Waals surface area contributed by atoms with Crippen LogP contribution >= 0.6 is 0 Å². The summed E-state index contributed by atoms with van der Waals surface area (Å²) in [6.07, 6.45) is 2.34. The zero-order valence-electron chi connectivity index (χ0n) is 11.1. The first-order valence-corrected chi connectivity index (χ1v) is 6.42. The molecule has 1 N–H and O–H groups in total. The molecule has 0 radical (unpaired) electrons. The van der Waals surface area contributed by atoms with Crippen LogP contribution in [0.5, 0.6) is 0 Å². The van der Waals surface area contributed by atoms with Crippen molar-refractivity contribution < 1.29 is 0 Å². The molecule has 0 aliphatic carbocycles. The molecule has 1 atom stereocenters. The summed E-state index contributed by atoms with van der Waals surface area (Å²) < 4.78 is 0. The van der Waals surface area contributed by atoms with Crippen LogP contribution in [-0.4, -0.2) is 12.6 Å². The van der Waals surface area contributed by atoms with Crippen molar-refractivity contribution >= 4 is 0 Å². The fourth-order valence-corrected chi connectivity index (χ4v) is 1.85. The zero-order valence-corrected chi connectivity index (χ0v) is 11.1. The Labute approximate surface area is 100 Å². The quantitative estimate of drug-likeness (QED) is 0.771. The van der Waals surface area contributed by atoms with Gasteiger partial charge in [0.1, 0.15) is 0 Å². The van der Waals surface area contributed by atoms with Gasteiger partial charge in [-0.1, -0.05) is 50.6 Å². The van der Waals surface area contributed by atoms with Crippen molar-refractivity contribution in [1.29, 1.82) is 0 Å². The van der Waals surface area contributed by atoms with E-state index in [9.17, 15) is 0 Å². The summed E-state index contributed by atoms with van der Waals surface area (Å²) in [6, 6.07) is 9.50. The molecule has 0 bridgehead atoms. The summed E-state index contributed by atoms with van der Waals surface area (Å²) in [6.45, 7) is 10.1. The predicted molar refractivity (Wildman–Crippen MR) is 71.8 cm³/mol. The summed E-state index contributed by atoms with van der Waals surface area (Å²) in [5.74, 6) is 0.688. The van der Waals surface area contributed by atoms with Gasteiger partial charge >= 0.3 is 0 Å². The fraction of sp³-hybridized carbons (Fsp3) is 0.600. The molecular formula is C15H25N. The van der Waals surface area contributed by atoms with Crippen LogP contribution in [0.1, 0.15) is 38.3 Å². The minimum absolute atomic E-state index is 0.600. The molecule has 1 unspecified atom stereocenters. The summed E-state index contributed by atoms with van der Waals surface area (Å²) in [7, 11) is 0. The first-order chi connectivity index (χ1) is 7.63. The van der Waals surface area contributed by atoms with Crippen LogP contribution in [0.25, 0.3) is 0 Å². The van der Waals surface area contributed by atoms with Gasteiger partial charge in [-0.25, -0.2) is 0 Å². The van der Waals surface area contributed by atoms with Crippen molar-refractivity contribution in [2.75, 3.05) is 6.54 Å². The monoisotopic (exact) mass is 219 g/mol. The number of benzene rings is 1. The van der Waals surface area contributed by atoms with Crippen molar-refractivity contribution in [3.8, 4) is 0 Å². The molecule has 0 aliphatic heterocycles. The van der Waals surface area contributed by atoms with Crippen LogP contribution in [0.15, 0.2) is 24.3 Å². The van der Waals surface area contributed by atoms with E-state index in [0.717, 1.165) is 13.0 Å². The molecule has 0 spiro atoms. The maximum absolute atomic E-state index is 3.63. The van der Waals surface area contributed by atoms with Crippen LogP contribution < -0.4 is 5.32 Å². The Morgan fingerprint density at radius 2 is 1.75 bits per heavy atom. The van der Waals surface area contributed by atoms with E-state index in [4.69, 9.17) is 0 Å². The van der Waals surface area contributed by atoms with Crippen LogP contribution in [0.2, 0.25) is 0 Å². The van der Waals surface area contributed by atoms with Gasteiger partial charge in [-0.2, -0.15) is 0 Å². The Morgan fingerprint density at radius 1 is 1.12 bits per heavy atom. The van der Waals surface area contributed by atoms with E-state index >= 15 is 0 Å². The molecule has 0 aliphatic rings. The third kappa shape index (κ3) is 4.36. The summed E-state index contributed by atoms with van der Waals surface area (Å²) in [5.41, 5.74) is 2.78. The number of hydrogen-bond donors (Lipinski definition) is 1. The lowest BCUT2D eigenvalue weighted by Gasteiger charge is -2.22. The van der Waals surface area contributed by atoms with E-state index in [1.807, 2.05) is 0 Å². The van der Waals surface area contributed by atoms with Crippen LogP contribution in [0.3, 0.4) is 0 Å². The molecule has 1 heteroatoms. The Balaban J connectivity index is 2.57. The second kappa shape index (κ2) is 6.70. The van der Waals surface area contributed by atoms with Gasteiger partial charge < -0.3 is 5.32 Å². The number of nitrogens with one attached hydrogen (secondary N) is 1. The van der Waals surface area contributed by atoms with E-state index in [0.29, 0.717) is 12.0 Å². The lowest BCUT2D eigenvalue weighted by atomic mass is 9.96. The lowest BCUT2D eigenvalue weighted by Crippen LogP contribution is -2.36. The van der Waals surface area contributed by atoms with Gasteiger partial charge in [0.05, 0.1) is 0 Å². The Morgan fingerprint density at radius 3 is 2.25 bits per heavy atom. The second-order valence-corrected chi connectivity index (χ2v) is 4.99. The predicted octanol–water partition coefficient (Wildman–Crippen LogP) is 3.56. The Bertz CT molecular complexity index is 287. The Kier molecular flexibility index (Phi) is 5.54.